The van der Waals surface area contributed by atoms with E-state index in [-0.39, 0.29) is 28.3 Å². The Hall–Kier alpha value is -3.53. The van der Waals surface area contributed by atoms with Crippen LogP contribution in [0.1, 0.15) is 20.9 Å². The van der Waals surface area contributed by atoms with Gasteiger partial charge in [-0.05, 0) is 47.2 Å². The monoisotopic (exact) mass is 520 g/mol. The Morgan fingerprint density at radius 2 is 1.06 bits per heavy atom. The number of aliphatic hydroxyl groups is 2. The molecule has 4 rings (SSSR count). The molecule has 0 fully saturated rings. The van der Waals surface area contributed by atoms with Crippen LogP contribution in [0.3, 0.4) is 0 Å². The van der Waals surface area contributed by atoms with Crippen LogP contribution in [0.2, 0.25) is 0 Å². The minimum absolute atomic E-state index is 0. The summed E-state index contributed by atoms with van der Waals surface area (Å²) in [5, 5.41) is 38.0. The van der Waals surface area contributed by atoms with Gasteiger partial charge in [-0.15, -0.1) is 32.9 Å². The first-order valence-corrected chi connectivity index (χ1v) is 11.0. The fourth-order valence-corrected chi connectivity index (χ4v) is 3.29. The van der Waals surface area contributed by atoms with Gasteiger partial charge in [-0.2, -0.15) is 10.2 Å². The molecule has 0 spiro atoms. The van der Waals surface area contributed by atoms with E-state index in [4.69, 9.17) is 0 Å². The van der Waals surface area contributed by atoms with Gasteiger partial charge >= 0.3 is 0 Å². The number of hydrogen-bond donors (Lipinski definition) is 2. The third kappa shape index (κ3) is 9.24. The van der Waals surface area contributed by atoms with E-state index in [9.17, 15) is 10.2 Å². The van der Waals surface area contributed by atoms with Crippen LogP contribution in [0.5, 0.6) is 0 Å². The third-order valence-corrected chi connectivity index (χ3v) is 5.25. The summed E-state index contributed by atoms with van der Waals surface area (Å²) in [5.74, 6) is -0.231. The van der Waals surface area contributed by atoms with Crippen LogP contribution in [0.25, 0.3) is 0 Å². The van der Waals surface area contributed by atoms with Crippen molar-refractivity contribution in [1.82, 2.24) is 9.97 Å². The number of aliphatic hydroxyl groups excluding tert-OH is 2. The summed E-state index contributed by atoms with van der Waals surface area (Å²) in [6, 6.07) is 14.4. The predicted octanol–water partition coefficient (Wildman–Crippen LogP) is 4.96. The first-order valence-electron chi connectivity index (χ1n) is 9.20. The zero-order chi connectivity index (χ0) is 22.4. The second-order valence-corrected chi connectivity index (χ2v) is 7.80. The van der Waals surface area contributed by atoms with Crippen molar-refractivity contribution in [2.45, 2.75) is 0 Å². The predicted molar refractivity (Wildman–Crippen MR) is 131 cm³/mol. The Labute approximate surface area is 208 Å². The fourth-order valence-electron chi connectivity index (χ4n) is 2.13. The molecule has 0 aliphatic carbocycles. The molecular formula is C22H18N6NiO2S2. The van der Waals surface area contributed by atoms with Crippen LogP contribution in [0.4, 0.5) is 0 Å². The average Bonchev–Trinajstić information content (AvgIpc) is 3.55. The molecule has 33 heavy (non-hydrogen) atoms. The maximum absolute atomic E-state index is 9.56. The quantitative estimate of drug-likeness (QED) is 0.162. The number of thiophene rings is 2. The van der Waals surface area contributed by atoms with Gasteiger partial charge in [-0.3, -0.25) is 9.97 Å². The molecule has 2 N–H and O–H groups in total. The van der Waals surface area contributed by atoms with Gasteiger partial charge in [0.1, 0.15) is 0 Å². The molecule has 4 heterocycles. The van der Waals surface area contributed by atoms with Gasteiger partial charge in [0.15, 0.2) is 0 Å². The second-order valence-electron chi connectivity index (χ2n) is 5.84. The van der Waals surface area contributed by atoms with Gasteiger partial charge in [0.05, 0.1) is 12.4 Å². The van der Waals surface area contributed by atoms with E-state index in [1.165, 1.54) is 0 Å². The molecule has 0 amide bonds. The van der Waals surface area contributed by atoms with Gasteiger partial charge in [-0.1, -0.05) is 12.1 Å². The average molecular weight is 521 g/mol. The molecule has 0 unspecified atom stereocenters. The van der Waals surface area contributed by atoms with Crippen molar-refractivity contribution in [3.05, 3.63) is 105 Å². The van der Waals surface area contributed by atoms with E-state index < -0.39 is 0 Å². The molecule has 4 aromatic heterocycles. The van der Waals surface area contributed by atoms with E-state index in [1.807, 2.05) is 35.0 Å². The first-order chi connectivity index (χ1) is 15.7. The second kappa shape index (κ2) is 14.5. The molecule has 0 bridgehead atoms. The van der Waals surface area contributed by atoms with Crippen molar-refractivity contribution in [1.29, 1.82) is 0 Å². The Bertz CT molecular complexity index is 1080. The van der Waals surface area contributed by atoms with Gasteiger partial charge in [-0.25, -0.2) is 0 Å². The van der Waals surface area contributed by atoms with Crippen LogP contribution in [-0.2, 0) is 16.5 Å². The van der Waals surface area contributed by atoms with Crippen LogP contribution >= 0.6 is 22.7 Å². The number of nitrogens with zero attached hydrogens (tertiary/aromatic N) is 6. The first kappa shape index (κ1) is 25.7. The molecule has 170 valence electrons. The molecule has 4 aromatic rings. The zero-order valence-electron chi connectivity index (χ0n) is 16.9. The number of hydrogen-bond acceptors (Lipinski definition) is 8. The van der Waals surface area contributed by atoms with Crippen molar-refractivity contribution < 1.29 is 26.7 Å². The molecule has 8 nitrogen and oxygen atoms in total. The molecule has 0 aliphatic heterocycles. The van der Waals surface area contributed by atoms with E-state index in [2.05, 4.69) is 30.4 Å². The molecular weight excluding hydrogens is 503 g/mol. The van der Waals surface area contributed by atoms with Crippen molar-refractivity contribution >= 4 is 46.9 Å². The molecule has 11 heteroatoms. The topological polar surface area (TPSA) is 116 Å². The Kier molecular flexibility index (Phi) is 11.3. The largest absolute Gasteiger partial charge is 0.492 e. The SMILES string of the molecule is O/C(=N/N=C/c1cccs1)c1ccncc1.O/C(=N/N=C/c1cccs1)c1ccncc1.[Ni]. The van der Waals surface area contributed by atoms with Crippen LogP contribution in [0.15, 0.2) is 104 Å². The van der Waals surface area contributed by atoms with Gasteiger partial charge < -0.3 is 10.2 Å². The van der Waals surface area contributed by atoms with Gasteiger partial charge in [0.25, 0.3) is 0 Å². The number of aromatic nitrogens is 2. The maximum Gasteiger partial charge on any atom is 0.238 e. The van der Waals surface area contributed by atoms with E-state index in [1.54, 1.807) is 84.2 Å². The normalized spacial score (nSPS) is 11.8. The van der Waals surface area contributed by atoms with Crippen molar-refractivity contribution in [2.24, 2.45) is 20.4 Å². The molecule has 0 aromatic carbocycles. The zero-order valence-corrected chi connectivity index (χ0v) is 19.6. The maximum atomic E-state index is 9.56. The van der Waals surface area contributed by atoms with Gasteiger partial charge in [0.2, 0.25) is 11.8 Å². The van der Waals surface area contributed by atoms with E-state index >= 15 is 0 Å². The van der Waals surface area contributed by atoms with Crippen LogP contribution in [0, 0.1) is 0 Å². The van der Waals surface area contributed by atoms with Crippen molar-refractivity contribution in [3.63, 3.8) is 0 Å². The smallest absolute Gasteiger partial charge is 0.238 e. The van der Waals surface area contributed by atoms with Crippen LogP contribution < -0.4 is 0 Å². The molecule has 0 radical (unpaired) electrons. The Balaban J connectivity index is 0.000000227. The summed E-state index contributed by atoms with van der Waals surface area (Å²) >= 11 is 3.12. The fraction of sp³-hybridized carbons (Fsp3) is 0. The Morgan fingerprint density at radius 3 is 1.39 bits per heavy atom. The number of pyridine rings is 2. The van der Waals surface area contributed by atoms with Crippen LogP contribution in [-0.4, -0.2) is 44.4 Å². The summed E-state index contributed by atoms with van der Waals surface area (Å²) in [6.07, 6.45) is 9.55. The summed E-state index contributed by atoms with van der Waals surface area (Å²) in [5.41, 5.74) is 1.19. The minimum atomic E-state index is -0.116. The Morgan fingerprint density at radius 1 is 0.667 bits per heavy atom. The molecule has 0 saturated heterocycles. The standard InChI is InChI=1S/2C11H9N3OS.Ni/c2*15-11(9-3-5-12-6-4-9)14-13-8-10-2-1-7-16-10;/h2*1-8H,(H,14,15);/b2*13-8+;. The summed E-state index contributed by atoms with van der Waals surface area (Å²) < 4.78 is 0. The number of rotatable bonds is 6. The van der Waals surface area contributed by atoms with E-state index in [0.29, 0.717) is 11.1 Å². The third-order valence-electron chi connectivity index (χ3n) is 3.64. The molecule has 0 atom stereocenters. The van der Waals surface area contributed by atoms with Crippen molar-refractivity contribution in [3.8, 4) is 0 Å². The summed E-state index contributed by atoms with van der Waals surface area (Å²) in [4.78, 5) is 9.68. The summed E-state index contributed by atoms with van der Waals surface area (Å²) in [6.45, 7) is 0. The molecule has 0 saturated carbocycles. The van der Waals surface area contributed by atoms with Crippen molar-refractivity contribution in [2.75, 3.05) is 0 Å². The van der Waals surface area contributed by atoms with Gasteiger partial charge in [0, 0.05) is 62.2 Å². The van der Waals surface area contributed by atoms with E-state index in [0.717, 1.165) is 9.75 Å². The minimum Gasteiger partial charge on any atom is -0.492 e. The molecule has 0 aliphatic rings. The summed E-state index contributed by atoms with van der Waals surface area (Å²) in [7, 11) is 0.